The highest BCUT2D eigenvalue weighted by atomic mass is 16.4. The predicted molar refractivity (Wildman–Crippen MR) is 161 cm³/mol. The molecular weight excluding hydrogens is 566 g/mol. The van der Waals surface area contributed by atoms with Gasteiger partial charge < -0.3 is 67.6 Å². The summed E-state index contributed by atoms with van der Waals surface area (Å²) in [7, 11) is 0. The molecule has 11 unspecified atom stereocenters. The van der Waals surface area contributed by atoms with Gasteiger partial charge in [-0.15, -0.1) is 0 Å². The van der Waals surface area contributed by atoms with Gasteiger partial charge in [-0.25, -0.2) is 0 Å². The highest BCUT2D eigenvalue weighted by Gasteiger charge is 2.28. The lowest BCUT2D eigenvalue weighted by Crippen LogP contribution is -2.41. The van der Waals surface area contributed by atoms with Crippen LogP contribution in [-0.2, 0) is 0 Å². The van der Waals surface area contributed by atoms with Crippen molar-refractivity contribution in [3.8, 4) is 0 Å². The lowest BCUT2D eigenvalue weighted by molar-refractivity contribution is -0.0875. The van der Waals surface area contributed by atoms with Crippen LogP contribution in [-0.4, -0.2) is 136 Å². The minimum atomic E-state index is -1.65. The van der Waals surface area contributed by atoms with E-state index in [4.69, 9.17) is 11.5 Å². The Kier molecular flexibility index (Phi) is 22.7. The number of guanidine groups is 1. The van der Waals surface area contributed by atoms with Crippen molar-refractivity contribution in [3.05, 3.63) is 24.3 Å². The van der Waals surface area contributed by atoms with Crippen molar-refractivity contribution >= 4 is 5.96 Å². The van der Waals surface area contributed by atoms with Crippen LogP contribution in [0.25, 0.3) is 0 Å². The molecule has 0 aliphatic rings. The quantitative estimate of drug-likeness (QED) is 0.0220. The fourth-order valence-electron chi connectivity index (χ4n) is 4.43. The molecule has 0 saturated carbocycles. The monoisotopic (exact) mass is 623 g/mol. The van der Waals surface area contributed by atoms with Gasteiger partial charge in [0.2, 0.25) is 0 Å². The Morgan fingerprint density at radius 2 is 1.02 bits per heavy atom. The third-order valence-corrected chi connectivity index (χ3v) is 6.92. The van der Waals surface area contributed by atoms with E-state index in [0.29, 0.717) is 25.8 Å². The molecule has 0 bridgehead atoms. The molecule has 0 aliphatic carbocycles. The van der Waals surface area contributed by atoms with E-state index < -0.39 is 67.1 Å². The van der Waals surface area contributed by atoms with Gasteiger partial charge in [0, 0.05) is 32.2 Å². The molecule has 0 heterocycles. The van der Waals surface area contributed by atoms with E-state index in [1.165, 1.54) is 18.2 Å². The molecule has 0 amide bonds. The minimum Gasteiger partial charge on any atom is -0.393 e. The highest BCUT2D eigenvalue weighted by Crippen LogP contribution is 2.17. The van der Waals surface area contributed by atoms with Gasteiger partial charge >= 0.3 is 0 Å². The van der Waals surface area contributed by atoms with Gasteiger partial charge in [-0.1, -0.05) is 31.2 Å². The Morgan fingerprint density at radius 1 is 0.581 bits per heavy atom. The normalized spacial score (nSPS) is 20.2. The second kappa shape index (κ2) is 23.7. The molecule has 0 saturated heterocycles. The Hall–Kier alpha value is -1.69. The summed E-state index contributed by atoms with van der Waals surface area (Å²) >= 11 is 0. The van der Waals surface area contributed by atoms with Crippen LogP contribution in [0.4, 0.5) is 0 Å². The SMILES string of the molecule is CCC(O)CC(O)C=CCC(O)CC(O)CC(O)C=CCC(O)CC(O)C(O)C(O)CC(O)CC(O)CCCN=C(N)N. The van der Waals surface area contributed by atoms with Crippen LogP contribution in [0.5, 0.6) is 0 Å². The summed E-state index contributed by atoms with van der Waals surface area (Å²) in [6.07, 6.45) is -5.40. The van der Waals surface area contributed by atoms with Crippen LogP contribution in [0.15, 0.2) is 29.3 Å². The minimum absolute atomic E-state index is 0.00414. The van der Waals surface area contributed by atoms with E-state index in [2.05, 4.69) is 4.99 Å². The average Bonchev–Trinajstić information content (AvgIpc) is 2.89. The van der Waals surface area contributed by atoms with Gasteiger partial charge in [-0.05, 0) is 44.9 Å². The fraction of sp³-hybridized carbons (Fsp3) is 0.828. The highest BCUT2D eigenvalue weighted by molar-refractivity contribution is 5.75. The molecule has 0 aliphatic heterocycles. The summed E-state index contributed by atoms with van der Waals surface area (Å²) in [6, 6.07) is 0. The smallest absolute Gasteiger partial charge is 0.185 e. The van der Waals surface area contributed by atoms with Gasteiger partial charge in [-0.3, -0.25) is 4.99 Å². The summed E-state index contributed by atoms with van der Waals surface area (Å²) in [5, 5.41) is 110. The first-order chi connectivity index (χ1) is 20.1. The van der Waals surface area contributed by atoms with E-state index in [9.17, 15) is 56.2 Å². The molecule has 0 radical (unpaired) electrons. The second-order valence-electron chi connectivity index (χ2n) is 11.3. The number of aliphatic hydroxyl groups is 11. The number of rotatable bonds is 25. The van der Waals surface area contributed by atoms with Gasteiger partial charge in [0.15, 0.2) is 5.96 Å². The number of nitrogens with two attached hydrogens (primary N) is 2. The second-order valence-corrected chi connectivity index (χ2v) is 11.3. The van der Waals surface area contributed by atoms with Gasteiger partial charge in [0.25, 0.3) is 0 Å². The van der Waals surface area contributed by atoms with Crippen LogP contribution >= 0.6 is 0 Å². The molecular formula is C29H57N3O11. The van der Waals surface area contributed by atoms with Crippen molar-refractivity contribution in [2.24, 2.45) is 16.5 Å². The third-order valence-electron chi connectivity index (χ3n) is 6.92. The lowest BCUT2D eigenvalue weighted by Gasteiger charge is -2.26. The van der Waals surface area contributed by atoms with E-state index in [0.717, 1.165) is 0 Å². The van der Waals surface area contributed by atoms with Crippen LogP contribution in [0.3, 0.4) is 0 Å². The molecule has 43 heavy (non-hydrogen) atoms. The standard InChI is InChI=1S/C29H57N3O11/c1-2-18(33)12-19(34)6-3-7-20(35)13-24(39)14-21(36)8-4-9-23(38)16-26(41)28(43)27(42)17-25(40)15-22(37)10-5-11-32-29(30)31/h3-4,6,8,18-28,33-43H,2,5,7,9-17H2,1H3,(H4,30,31,32). The Morgan fingerprint density at radius 3 is 1.53 bits per heavy atom. The Bertz CT molecular complexity index is 785. The van der Waals surface area contributed by atoms with Crippen LogP contribution in [0.2, 0.25) is 0 Å². The van der Waals surface area contributed by atoms with Crippen molar-refractivity contribution < 1.29 is 56.2 Å². The van der Waals surface area contributed by atoms with Crippen molar-refractivity contribution in [3.63, 3.8) is 0 Å². The zero-order chi connectivity index (χ0) is 32.9. The lowest BCUT2D eigenvalue weighted by atomic mass is 9.95. The number of nitrogens with zero attached hydrogens (tertiary/aromatic N) is 1. The van der Waals surface area contributed by atoms with Crippen molar-refractivity contribution in [2.75, 3.05) is 6.54 Å². The molecule has 14 heteroatoms. The molecule has 11 atom stereocenters. The summed E-state index contributed by atoms with van der Waals surface area (Å²) in [6.45, 7) is 2.12. The predicted octanol–water partition coefficient (Wildman–Crippen LogP) is -2.35. The molecule has 14 nitrogen and oxygen atoms in total. The van der Waals surface area contributed by atoms with Gasteiger partial charge in [0.1, 0.15) is 6.10 Å². The zero-order valence-electron chi connectivity index (χ0n) is 25.2. The van der Waals surface area contributed by atoms with E-state index in [-0.39, 0.29) is 57.3 Å². The zero-order valence-corrected chi connectivity index (χ0v) is 25.2. The van der Waals surface area contributed by atoms with E-state index in [1.807, 2.05) is 0 Å². The molecule has 0 aromatic rings. The van der Waals surface area contributed by atoms with Crippen LogP contribution < -0.4 is 11.5 Å². The number of hydrogen-bond acceptors (Lipinski definition) is 12. The van der Waals surface area contributed by atoms with Gasteiger partial charge in [-0.2, -0.15) is 0 Å². The maximum Gasteiger partial charge on any atom is 0.185 e. The largest absolute Gasteiger partial charge is 0.393 e. The fourth-order valence-corrected chi connectivity index (χ4v) is 4.43. The maximum absolute atomic E-state index is 10.2. The van der Waals surface area contributed by atoms with Gasteiger partial charge in [0.05, 0.1) is 61.0 Å². The van der Waals surface area contributed by atoms with Crippen LogP contribution in [0.1, 0.15) is 77.6 Å². The third kappa shape index (κ3) is 22.5. The molecule has 15 N–H and O–H groups in total. The molecule has 254 valence electrons. The maximum atomic E-state index is 10.2. The van der Waals surface area contributed by atoms with Crippen molar-refractivity contribution in [1.82, 2.24) is 0 Å². The Labute approximate surface area is 254 Å². The first-order valence-electron chi connectivity index (χ1n) is 15.0. The average molecular weight is 624 g/mol. The molecule has 0 aromatic heterocycles. The topological polar surface area (TPSA) is 287 Å². The number of hydrogen-bond donors (Lipinski definition) is 13. The number of aliphatic imine (C=N–C) groups is 1. The first kappa shape index (κ1) is 41.3. The summed E-state index contributed by atoms with van der Waals surface area (Å²) in [5.74, 6) is -0.0587. The molecule has 0 rings (SSSR count). The Balaban J connectivity index is 4.35. The van der Waals surface area contributed by atoms with E-state index in [1.54, 1.807) is 13.0 Å². The first-order valence-corrected chi connectivity index (χ1v) is 15.0. The molecule has 0 fully saturated rings. The van der Waals surface area contributed by atoms with E-state index >= 15 is 0 Å². The summed E-state index contributed by atoms with van der Waals surface area (Å²) in [5.41, 5.74) is 10.4. The van der Waals surface area contributed by atoms with Crippen LogP contribution in [0, 0.1) is 0 Å². The molecule has 0 aromatic carbocycles. The molecule has 0 spiro atoms. The number of aliphatic hydroxyl groups excluding tert-OH is 11. The summed E-state index contributed by atoms with van der Waals surface area (Å²) in [4.78, 5) is 3.79. The summed E-state index contributed by atoms with van der Waals surface area (Å²) < 4.78 is 0. The van der Waals surface area contributed by atoms with Crippen molar-refractivity contribution in [2.45, 2.75) is 145 Å². The van der Waals surface area contributed by atoms with Crippen molar-refractivity contribution in [1.29, 1.82) is 0 Å².